The molecule has 0 unspecified atom stereocenters. The molecule has 2 heterocycles. The predicted molar refractivity (Wildman–Crippen MR) is 117 cm³/mol. The number of carbonyl (C=O) groups excluding carboxylic acids is 1. The Hall–Kier alpha value is -3.06. The molecule has 1 aromatic heterocycles. The number of hydrogen-bond donors (Lipinski definition) is 1. The van der Waals surface area contributed by atoms with E-state index in [2.05, 4.69) is 32.4 Å². The molecule has 1 saturated heterocycles. The Bertz CT molecular complexity index is 979. The predicted octanol–water partition coefficient (Wildman–Crippen LogP) is 2.71. The molecule has 0 atom stereocenters. The number of nitrogens with zero attached hydrogens (tertiary/aromatic N) is 3. The van der Waals surface area contributed by atoms with Gasteiger partial charge in [-0.1, -0.05) is 29.4 Å². The summed E-state index contributed by atoms with van der Waals surface area (Å²) >= 11 is 0. The van der Waals surface area contributed by atoms with Crippen molar-refractivity contribution in [3.8, 4) is 5.75 Å². The van der Waals surface area contributed by atoms with E-state index in [4.69, 9.17) is 9.26 Å². The van der Waals surface area contributed by atoms with E-state index in [0.29, 0.717) is 17.8 Å². The number of benzene rings is 2. The van der Waals surface area contributed by atoms with E-state index in [1.165, 1.54) is 0 Å². The molecule has 1 aliphatic heterocycles. The Labute approximate surface area is 176 Å². The lowest BCUT2D eigenvalue weighted by atomic mass is 10.1. The van der Waals surface area contributed by atoms with E-state index in [-0.39, 0.29) is 12.3 Å². The summed E-state index contributed by atoms with van der Waals surface area (Å²) in [6.45, 7) is 5.63. The van der Waals surface area contributed by atoms with Gasteiger partial charge in [-0.2, -0.15) is 0 Å². The number of amides is 1. The van der Waals surface area contributed by atoms with E-state index < -0.39 is 0 Å². The Kier molecular flexibility index (Phi) is 6.49. The maximum absolute atomic E-state index is 12.2. The molecule has 1 fully saturated rings. The molecule has 7 nitrogen and oxygen atoms in total. The molecule has 3 aromatic rings. The molecule has 0 saturated carbocycles. The van der Waals surface area contributed by atoms with Crippen LogP contribution in [0.15, 0.2) is 53.1 Å². The van der Waals surface area contributed by atoms with E-state index in [0.717, 1.165) is 56.0 Å². The zero-order valence-corrected chi connectivity index (χ0v) is 17.3. The van der Waals surface area contributed by atoms with Crippen molar-refractivity contribution in [1.29, 1.82) is 0 Å². The van der Waals surface area contributed by atoms with Crippen LogP contribution in [-0.2, 0) is 11.2 Å². The minimum atomic E-state index is -0.0185. The lowest BCUT2D eigenvalue weighted by Crippen LogP contribution is -2.47. The average molecular weight is 409 g/mol. The maximum Gasteiger partial charge on any atom is 0.226 e. The van der Waals surface area contributed by atoms with Crippen LogP contribution in [0, 0.1) is 0 Å². The molecule has 1 aliphatic rings. The number of nitrogens with one attached hydrogen (secondary N) is 1. The van der Waals surface area contributed by atoms with Gasteiger partial charge in [0.2, 0.25) is 5.91 Å². The zero-order chi connectivity index (χ0) is 20.8. The molecule has 1 amide bonds. The van der Waals surface area contributed by atoms with Crippen molar-refractivity contribution in [2.24, 2.45) is 0 Å². The van der Waals surface area contributed by atoms with Gasteiger partial charge in [-0.05, 0) is 37.2 Å². The second kappa shape index (κ2) is 9.63. The van der Waals surface area contributed by atoms with Crippen LogP contribution in [0.1, 0.15) is 12.1 Å². The highest BCUT2D eigenvalue weighted by Gasteiger charge is 2.19. The first kappa shape index (κ1) is 20.2. The fraction of sp³-hybridized carbons (Fsp3) is 0.391. The van der Waals surface area contributed by atoms with Gasteiger partial charge in [-0.25, -0.2) is 0 Å². The molecule has 0 aliphatic carbocycles. The number of aromatic nitrogens is 1. The summed E-state index contributed by atoms with van der Waals surface area (Å²) in [5.41, 5.74) is 2.57. The first-order valence-corrected chi connectivity index (χ1v) is 10.4. The van der Waals surface area contributed by atoms with E-state index in [9.17, 15) is 4.79 Å². The summed E-state index contributed by atoms with van der Waals surface area (Å²) in [4.78, 5) is 17.1. The van der Waals surface area contributed by atoms with Crippen LogP contribution >= 0.6 is 0 Å². The molecule has 4 rings (SSSR count). The molecular weight excluding hydrogens is 380 g/mol. The van der Waals surface area contributed by atoms with Crippen LogP contribution in [0.25, 0.3) is 11.0 Å². The van der Waals surface area contributed by atoms with Crippen molar-refractivity contribution in [2.45, 2.75) is 12.8 Å². The van der Waals surface area contributed by atoms with E-state index in [1.807, 2.05) is 36.4 Å². The van der Waals surface area contributed by atoms with Gasteiger partial charge in [-0.15, -0.1) is 0 Å². The number of fused-ring (bicyclic) bond motifs is 1. The highest BCUT2D eigenvalue weighted by Crippen LogP contribution is 2.28. The third-order valence-electron chi connectivity index (χ3n) is 5.55. The van der Waals surface area contributed by atoms with Gasteiger partial charge in [0.05, 0.1) is 19.2 Å². The van der Waals surface area contributed by atoms with Crippen LogP contribution < -0.4 is 15.0 Å². The number of para-hydroxylation sites is 3. The highest BCUT2D eigenvalue weighted by molar-refractivity contribution is 5.86. The fourth-order valence-electron chi connectivity index (χ4n) is 3.91. The first-order chi connectivity index (χ1) is 14.7. The normalized spacial score (nSPS) is 14.8. The Morgan fingerprint density at radius 2 is 1.87 bits per heavy atom. The van der Waals surface area contributed by atoms with Gasteiger partial charge in [0.1, 0.15) is 11.4 Å². The molecule has 30 heavy (non-hydrogen) atoms. The van der Waals surface area contributed by atoms with Gasteiger partial charge in [0, 0.05) is 38.1 Å². The number of carbonyl (C=O) groups is 1. The third-order valence-corrected chi connectivity index (χ3v) is 5.55. The topological polar surface area (TPSA) is 70.8 Å². The van der Waals surface area contributed by atoms with Crippen LogP contribution in [0.2, 0.25) is 0 Å². The lowest BCUT2D eigenvalue weighted by molar-refractivity contribution is -0.120. The third kappa shape index (κ3) is 4.74. The molecule has 158 valence electrons. The van der Waals surface area contributed by atoms with Crippen LogP contribution in [-0.4, -0.2) is 62.3 Å². The van der Waals surface area contributed by atoms with Crippen molar-refractivity contribution < 1.29 is 14.1 Å². The maximum atomic E-state index is 12.2. The molecule has 7 heteroatoms. The molecule has 0 radical (unpaired) electrons. The highest BCUT2D eigenvalue weighted by atomic mass is 16.5. The van der Waals surface area contributed by atoms with Crippen molar-refractivity contribution >= 4 is 22.6 Å². The largest absolute Gasteiger partial charge is 0.495 e. The van der Waals surface area contributed by atoms with Crippen molar-refractivity contribution in [3.63, 3.8) is 0 Å². The van der Waals surface area contributed by atoms with Gasteiger partial charge in [-0.3, -0.25) is 9.69 Å². The smallest absolute Gasteiger partial charge is 0.226 e. The average Bonchev–Trinajstić information content (AvgIpc) is 3.20. The van der Waals surface area contributed by atoms with Crippen molar-refractivity contribution in [1.82, 2.24) is 15.4 Å². The number of rotatable bonds is 8. The summed E-state index contributed by atoms with van der Waals surface area (Å²) < 4.78 is 10.7. The minimum Gasteiger partial charge on any atom is -0.495 e. The van der Waals surface area contributed by atoms with Gasteiger partial charge >= 0.3 is 0 Å². The molecular formula is C23H28N4O3. The summed E-state index contributed by atoms with van der Waals surface area (Å²) in [7, 11) is 1.72. The summed E-state index contributed by atoms with van der Waals surface area (Å²) in [5.74, 6) is 0.906. The molecule has 1 N–H and O–H groups in total. The van der Waals surface area contributed by atoms with Gasteiger partial charge < -0.3 is 19.5 Å². The summed E-state index contributed by atoms with van der Waals surface area (Å²) in [6, 6.07) is 15.8. The summed E-state index contributed by atoms with van der Waals surface area (Å²) in [6.07, 6.45) is 1.18. The second-order valence-electron chi connectivity index (χ2n) is 7.51. The van der Waals surface area contributed by atoms with E-state index in [1.54, 1.807) is 7.11 Å². The van der Waals surface area contributed by atoms with Gasteiger partial charge in [0.15, 0.2) is 5.58 Å². The zero-order valence-electron chi connectivity index (χ0n) is 17.3. The number of piperazine rings is 1. The Balaban J connectivity index is 1.16. The quantitative estimate of drug-likeness (QED) is 0.578. The number of anilines is 1. The second-order valence-corrected chi connectivity index (χ2v) is 7.51. The minimum absolute atomic E-state index is 0.0185. The first-order valence-electron chi connectivity index (χ1n) is 10.4. The Morgan fingerprint density at radius 1 is 1.10 bits per heavy atom. The monoisotopic (exact) mass is 408 g/mol. The fourth-order valence-corrected chi connectivity index (χ4v) is 3.91. The molecule has 0 bridgehead atoms. The van der Waals surface area contributed by atoms with Crippen molar-refractivity contribution in [3.05, 3.63) is 54.2 Å². The van der Waals surface area contributed by atoms with Gasteiger partial charge in [0.25, 0.3) is 0 Å². The summed E-state index contributed by atoms with van der Waals surface area (Å²) in [5, 5.41) is 7.93. The standard InChI is InChI=1S/C23H28N4O3/c1-29-22-10-5-3-8-20(22)27-15-13-26(14-16-27)12-6-11-24-23(28)17-19-18-7-2-4-9-21(18)30-25-19/h2-5,7-10H,6,11-17H2,1H3,(H,24,28). The SMILES string of the molecule is COc1ccccc1N1CCN(CCCNC(=O)Cc2noc3ccccc23)CC1. The van der Waals surface area contributed by atoms with Crippen LogP contribution in [0.3, 0.4) is 0 Å². The van der Waals surface area contributed by atoms with Crippen LogP contribution in [0.5, 0.6) is 5.75 Å². The number of hydrogen-bond acceptors (Lipinski definition) is 6. The van der Waals surface area contributed by atoms with Crippen molar-refractivity contribution in [2.75, 3.05) is 51.3 Å². The van der Waals surface area contributed by atoms with Crippen LogP contribution in [0.4, 0.5) is 5.69 Å². The molecule has 2 aromatic carbocycles. The Morgan fingerprint density at radius 3 is 2.70 bits per heavy atom. The lowest BCUT2D eigenvalue weighted by Gasteiger charge is -2.36. The molecule has 0 spiro atoms. The number of methoxy groups -OCH3 is 1. The van der Waals surface area contributed by atoms with E-state index >= 15 is 0 Å². The number of ether oxygens (including phenoxy) is 1.